The molecular formula is C16H19NO3. The van der Waals surface area contributed by atoms with Crippen molar-refractivity contribution in [1.82, 2.24) is 0 Å². The first-order chi connectivity index (χ1) is 9.63. The molecule has 2 aromatic carbocycles. The Morgan fingerprint density at radius 3 is 2.45 bits per heavy atom. The molecule has 0 heterocycles. The number of aromatic hydroxyl groups is 1. The molecule has 0 unspecified atom stereocenters. The summed E-state index contributed by atoms with van der Waals surface area (Å²) in [5, 5.41) is 20.3. The van der Waals surface area contributed by atoms with E-state index in [1.165, 1.54) is 7.11 Å². The van der Waals surface area contributed by atoms with Gasteiger partial charge in [-0.1, -0.05) is 42.5 Å². The van der Waals surface area contributed by atoms with Crippen LogP contribution in [0.2, 0.25) is 0 Å². The van der Waals surface area contributed by atoms with Gasteiger partial charge in [0.15, 0.2) is 11.5 Å². The maximum atomic E-state index is 10.2. The van der Waals surface area contributed by atoms with E-state index in [0.717, 1.165) is 5.56 Å². The van der Waals surface area contributed by atoms with E-state index in [1.807, 2.05) is 30.3 Å². The van der Waals surface area contributed by atoms with Crippen molar-refractivity contribution in [3.05, 3.63) is 59.7 Å². The Labute approximate surface area is 118 Å². The molecule has 2 aromatic rings. The minimum Gasteiger partial charge on any atom is -0.504 e. The van der Waals surface area contributed by atoms with Crippen LogP contribution < -0.4 is 10.5 Å². The van der Waals surface area contributed by atoms with E-state index in [2.05, 4.69) is 0 Å². The van der Waals surface area contributed by atoms with Crippen molar-refractivity contribution < 1.29 is 14.9 Å². The number of methoxy groups -OCH3 is 1. The van der Waals surface area contributed by atoms with Gasteiger partial charge in [-0.05, 0) is 11.6 Å². The maximum absolute atomic E-state index is 10.2. The third kappa shape index (κ3) is 3.10. The van der Waals surface area contributed by atoms with Gasteiger partial charge in [0, 0.05) is 12.0 Å². The fourth-order valence-electron chi connectivity index (χ4n) is 2.16. The second-order valence-electron chi connectivity index (χ2n) is 4.68. The summed E-state index contributed by atoms with van der Waals surface area (Å²) in [5.41, 5.74) is 7.52. The first-order valence-corrected chi connectivity index (χ1v) is 6.47. The fraction of sp³-hybridized carbons (Fsp3) is 0.250. The van der Waals surface area contributed by atoms with Crippen LogP contribution in [-0.2, 0) is 6.42 Å². The number of ether oxygens (including phenoxy) is 1. The molecule has 0 saturated carbocycles. The van der Waals surface area contributed by atoms with Crippen molar-refractivity contribution in [1.29, 1.82) is 0 Å². The van der Waals surface area contributed by atoms with Crippen LogP contribution in [0.3, 0.4) is 0 Å². The number of para-hydroxylation sites is 1. The molecule has 4 N–H and O–H groups in total. The Morgan fingerprint density at radius 2 is 1.80 bits per heavy atom. The Hall–Kier alpha value is -2.04. The van der Waals surface area contributed by atoms with Gasteiger partial charge in [0.1, 0.15) is 0 Å². The van der Waals surface area contributed by atoms with Crippen molar-refractivity contribution in [3.63, 3.8) is 0 Å². The summed E-state index contributed by atoms with van der Waals surface area (Å²) < 4.78 is 5.05. The van der Waals surface area contributed by atoms with Crippen LogP contribution in [0, 0.1) is 0 Å². The summed E-state index contributed by atoms with van der Waals surface area (Å²) in [7, 11) is 1.48. The van der Waals surface area contributed by atoms with Gasteiger partial charge in [-0.3, -0.25) is 0 Å². The monoisotopic (exact) mass is 273 g/mol. The van der Waals surface area contributed by atoms with Crippen LogP contribution in [0.25, 0.3) is 0 Å². The molecule has 2 rings (SSSR count). The van der Waals surface area contributed by atoms with Gasteiger partial charge in [-0.2, -0.15) is 0 Å². The van der Waals surface area contributed by atoms with Crippen molar-refractivity contribution in [2.75, 3.05) is 7.11 Å². The second kappa shape index (κ2) is 6.41. The van der Waals surface area contributed by atoms with Crippen molar-refractivity contribution in [3.8, 4) is 11.5 Å². The van der Waals surface area contributed by atoms with Gasteiger partial charge >= 0.3 is 0 Å². The van der Waals surface area contributed by atoms with E-state index >= 15 is 0 Å². The lowest BCUT2D eigenvalue weighted by Gasteiger charge is -2.21. The highest BCUT2D eigenvalue weighted by Crippen LogP contribution is 2.34. The largest absolute Gasteiger partial charge is 0.504 e. The molecule has 0 aliphatic rings. The number of benzene rings is 2. The quantitative estimate of drug-likeness (QED) is 0.779. The number of aliphatic hydroxyl groups is 1. The summed E-state index contributed by atoms with van der Waals surface area (Å²) in [6, 6.07) is 14.0. The predicted molar refractivity (Wildman–Crippen MR) is 77.7 cm³/mol. The average Bonchev–Trinajstić information content (AvgIpc) is 2.48. The zero-order valence-electron chi connectivity index (χ0n) is 11.4. The van der Waals surface area contributed by atoms with Gasteiger partial charge in [0.05, 0.1) is 19.3 Å². The van der Waals surface area contributed by atoms with Gasteiger partial charge in [0.2, 0.25) is 0 Å². The van der Waals surface area contributed by atoms with Crippen LogP contribution in [0.15, 0.2) is 48.5 Å². The highest BCUT2D eigenvalue weighted by molar-refractivity contribution is 5.47. The molecule has 0 bridgehead atoms. The Balaban J connectivity index is 2.16. The molecule has 0 radical (unpaired) electrons. The molecule has 0 amide bonds. The Morgan fingerprint density at radius 1 is 1.10 bits per heavy atom. The molecule has 0 aromatic heterocycles. The lowest BCUT2D eigenvalue weighted by Crippen LogP contribution is -2.28. The van der Waals surface area contributed by atoms with Crippen molar-refractivity contribution in [2.24, 2.45) is 5.73 Å². The summed E-state index contributed by atoms with van der Waals surface area (Å²) in [6.07, 6.45) is -0.353. The summed E-state index contributed by atoms with van der Waals surface area (Å²) >= 11 is 0. The summed E-state index contributed by atoms with van der Waals surface area (Å²) in [6.45, 7) is 0. The molecule has 20 heavy (non-hydrogen) atoms. The first-order valence-electron chi connectivity index (χ1n) is 6.47. The number of hydrogen-bond acceptors (Lipinski definition) is 4. The smallest absolute Gasteiger partial charge is 0.162 e. The second-order valence-corrected chi connectivity index (χ2v) is 4.68. The van der Waals surface area contributed by atoms with Crippen LogP contribution >= 0.6 is 0 Å². The SMILES string of the molecule is COc1cccc([C@@H](N)[C@@H](O)Cc2ccccc2)c1O. The molecule has 0 fully saturated rings. The molecule has 0 aliphatic carbocycles. The predicted octanol–water partition coefficient (Wildman–Crippen LogP) is 2.00. The molecular weight excluding hydrogens is 254 g/mol. The Kier molecular flexibility index (Phi) is 4.61. The van der Waals surface area contributed by atoms with E-state index in [-0.39, 0.29) is 5.75 Å². The lowest BCUT2D eigenvalue weighted by atomic mass is 9.96. The molecule has 2 atom stereocenters. The number of phenols is 1. The van der Waals surface area contributed by atoms with Crippen LogP contribution in [-0.4, -0.2) is 23.4 Å². The highest BCUT2D eigenvalue weighted by Gasteiger charge is 2.21. The van der Waals surface area contributed by atoms with E-state index in [1.54, 1.807) is 18.2 Å². The van der Waals surface area contributed by atoms with Gasteiger partial charge in [-0.15, -0.1) is 0 Å². The molecule has 4 nitrogen and oxygen atoms in total. The van der Waals surface area contributed by atoms with Crippen LogP contribution in [0.1, 0.15) is 17.2 Å². The molecule has 0 spiro atoms. The number of nitrogens with two attached hydrogens (primary N) is 1. The summed E-state index contributed by atoms with van der Waals surface area (Å²) in [4.78, 5) is 0. The zero-order chi connectivity index (χ0) is 14.5. The third-order valence-corrected chi connectivity index (χ3v) is 3.31. The number of phenolic OH excluding ortho intramolecular Hbond substituents is 1. The number of hydrogen-bond donors (Lipinski definition) is 3. The lowest BCUT2D eigenvalue weighted by molar-refractivity contribution is 0.143. The Bertz CT molecular complexity index is 557. The third-order valence-electron chi connectivity index (χ3n) is 3.31. The van der Waals surface area contributed by atoms with Crippen molar-refractivity contribution >= 4 is 0 Å². The van der Waals surface area contributed by atoms with Gasteiger partial charge < -0.3 is 20.7 Å². The van der Waals surface area contributed by atoms with Crippen LogP contribution in [0.5, 0.6) is 11.5 Å². The summed E-state index contributed by atoms with van der Waals surface area (Å²) in [5.74, 6) is 0.333. The van der Waals surface area contributed by atoms with Crippen molar-refractivity contribution in [2.45, 2.75) is 18.6 Å². The molecule has 0 aliphatic heterocycles. The van der Waals surface area contributed by atoms with E-state index in [0.29, 0.717) is 17.7 Å². The minimum absolute atomic E-state index is 0.0189. The molecule has 4 heteroatoms. The topological polar surface area (TPSA) is 75.7 Å². The maximum Gasteiger partial charge on any atom is 0.162 e. The highest BCUT2D eigenvalue weighted by atomic mass is 16.5. The van der Waals surface area contributed by atoms with E-state index in [9.17, 15) is 10.2 Å². The standard InChI is InChI=1S/C16H19NO3/c1-20-14-9-5-8-12(16(14)19)15(17)13(18)10-11-6-3-2-4-7-11/h2-9,13,15,18-19H,10,17H2,1H3/t13-,15+/m0/s1. The van der Waals surface area contributed by atoms with Gasteiger partial charge in [0.25, 0.3) is 0 Å². The van der Waals surface area contributed by atoms with Crippen LogP contribution in [0.4, 0.5) is 0 Å². The number of rotatable bonds is 5. The van der Waals surface area contributed by atoms with E-state index < -0.39 is 12.1 Å². The average molecular weight is 273 g/mol. The van der Waals surface area contributed by atoms with Gasteiger partial charge in [-0.25, -0.2) is 0 Å². The minimum atomic E-state index is -0.782. The van der Waals surface area contributed by atoms with E-state index in [4.69, 9.17) is 10.5 Å². The first kappa shape index (κ1) is 14.4. The fourth-order valence-corrected chi connectivity index (χ4v) is 2.16. The molecule has 106 valence electrons. The molecule has 0 saturated heterocycles. The number of aliphatic hydroxyl groups excluding tert-OH is 1. The normalized spacial score (nSPS) is 13.8. The zero-order valence-corrected chi connectivity index (χ0v) is 11.4.